The molecular formula is C27H47NO. The summed E-state index contributed by atoms with van der Waals surface area (Å²) in [7, 11) is 0. The predicted molar refractivity (Wildman–Crippen MR) is 120 cm³/mol. The monoisotopic (exact) mass is 401 g/mol. The lowest BCUT2D eigenvalue weighted by molar-refractivity contribution is -0.115. The van der Waals surface area contributed by atoms with Crippen LogP contribution in [0.25, 0.3) is 0 Å². The lowest BCUT2D eigenvalue weighted by atomic mass is 9.44. The van der Waals surface area contributed by atoms with Crippen LogP contribution in [0.2, 0.25) is 0 Å². The van der Waals surface area contributed by atoms with Crippen molar-refractivity contribution in [3.8, 4) is 0 Å². The normalized spacial score (nSPS) is 54.9. The van der Waals surface area contributed by atoms with Gasteiger partial charge in [-0.3, -0.25) is 5.32 Å². The number of nitrogens with one attached hydrogen (secondary N) is 1. The van der Waals surface area contributed by atoms with E-state index in [1.54, 1.807) is 0 Å². The van der Waals surface area contributed by atoms with Crippen molar-refractivity contribution in [2.24, 2.45) is 52.3 Å². The second-order valence-corrected chi connectivity index (χ2v) is 12.6. The van der Waals surface area contributed by atoms with E-state index in [9.17, 15) is 0 Å². The molecule has 5 rings (SSSR count). The quantitative estimate of drug-likeness (QED) is 0.570. The predicted octanol–water partition coefficient (Wildman–Crippen LogP) is 6.64. The van der Waals surface area contributed by atoms with Gasteiger partial charge in [-0.25, -0.2) is 0 Å². The summed E-state index contributed by atoms with van der Waals surface area (Å²) in [6.45, 7) is 13.7. The Bertz CT molecular complexity index is 605. The topological polar surface area (TPSA) is 21.3 Å². The summed E-state index contributed by atoms with van der Waals surface area (Å²) >= 11 is 0. The summed E-state index contributed by atoms with van der Waals surface area (Å²) < 4.78 is 6.75. The summed E-state index contributed by atoms with van der Waals surface area (Å²) in [6.07, 6.45) is 15.5. The average molecular weight is 402 g/mol. The third-order valence-electron chi connectivity index (χ3n) is 11.4. The van der Waals surface area contributed by atoms with Crippen molar-refractivity contribution in [2.45, 2.75) is 111 Å². The number of ether oxygens (including phenoxy) is 1. The van der Waals surface area contributed by atoms with E-state index in [1.807, 2.05) is 0 Å². The molecule has 11 atom stereocenters. The van der Waals surface area contributed by atoms with Crippen LogP contribution < -0.4 is 5.32 Å². The van der Waals surface area contributed by atoms with Crippen LogP contribution in [-0.2, 0) is 4.74 Å². The Hall–Kier alpha value is -0.0800. The second kappa shape index (κ2) is 7.51. The minimum atomic E-state index is 0.293. The molecule has 2 heteroatoms. The molecule has 5 fully saturated rings. The van der Waals surface area contributed by atoms with Gasteiger partial charge in [0.25, 0.3) is 0 Å². The van der Waals surface area contributed by atoms with E-state index in [1.165, 1.54) is 64.2 Å². The smallest absolute Gasteiger partial charge is 0.111 e. The molecule has 0 spiro atoms. The summed E-state index contributed by atoms with van der Waals surface area (Å²) in [6, 6.07) is 0. The van der Waals surface area contributed by atoms with Gasteiger partial charge < -0.3 is 4.74 Å². The molecule has 166 valence electrons. The third-order valence-corrected chi connectivity index (χ3v) is 11.4. The maximum atomic E-state index is 6.75. The highest BCUT2D eigenvalue weighted by Crippen LogP contribution is 2.69. The second-order valence-electron chi connectivity index (χ2n) is 12.6. The van der Waals surface area contributed by atoms with E-state index in [2.05, 4.69) is 39.9 Å². The molecule has 2 nitrogen and oxygen atoms in total. The van der Waals surface area contributed by atoms with Gasteiger partial charge in [0.2, 0.25) is 0 Å². The summed E-state index contributed by atoms with van der Waals surface area (Å²) in [4.78, 5) is 0. The van der Waals surface area contributed by atoms with Gasteiger partial charge in [0, 0.05) is 12.5 Å². The molecule has 5 aliphatic rings. The van der Waals surface area contributed by atoms with Crippen LogP contribution in [0.15, 0.2) is 0 Å². The Labute approximate surface area is 180 Å². The molecule has 0 aromatic rings. The van der Waals surface area contributed by atoms with Gasteiger partial charge >= 0.3 is 0 Å². The van der Waals surface area contributed by atoms with Crippen molar-refractivity contribution in [1.82, 2.24) is 5.32 Å². The highest BCUT2D eigenvalue weighted by molar-refractivity contribution is 5.13. The van der Waals surface area contributed by atoms with Gasteiger partial charge in [0.05, 0.1) is 6.10 Å². The number of fused-ring (bicyclic) bond motifs is 7. The zero-order valence-electron chi connectivity index (χ0n) is 19.9. The molecule has 1 saturated heterocycles. The van der Waals surface area contributed by atoms with E-state index in [-0.39, 0.29) is 0 Å². The maximum Gasteiger partial charge on any atom is 0.111 e. The molecule has 1 heterocycles. The zero-order chi connectivity index (χ0) is 20.4. The molecule has 6 unspecified atom stereocenters. The first-order valence-corrected chi connectivity index (χ1v) is 13.3. The fourth-order valence-corrected chi connectivity index (χ4v) is 9.60. The Kier molecular flexibility index (Phi) is 5.38. The van der Waals surface area contributed by atoms with Crippen LogP contribution in [0.4, 0.5) is 0 Å². The molecule has 4 saturated carbocycles. The van der Waals surface area contributed by atoms with E-state index in [4.69, 9.17) is 4.74 Å². The minimum Gasteiger partial charge on any atom is -0.360 e. The third kappa shape index (κ3) is 3.09. The SMILES string of the molecule is CC[C@H](C)CN[C@H]1OC2CC3[C@@H]4CCC5CCCC[C@]5(C)C4CC[C@]3(C)C2C1C. The molecule has 29 heavy (non-hydrogen) atoms. The first-order valence-electron chi connectivity index (χ1n) is 13.3. The first-order chi connectivity index (χ1) is 13.9. The molecule has 0 aromatic carbocycles. The van der Waals surface area contributed by atoms with Crippen LogP contribution in [0.3, 0.4) is 0 Å². The molecular weight excluding hydrogens is 354 g/mol. The van der Waals surface area contributed by atoms with Crippen LogP contribution in [0.1, 0.15) is 98.8 Å². The van der Waals surface area contributed by atoms with Crippen molar-refractivity contribution >= 4 is 0 Å². The minimum absolute atomic E-state index is 0.293. The zero-order valence-corrected chi connectivity index (χ0v) is 19.9. The van der Waals surface area contributed by atoms with Crippen LogP contribution in [0, 0.1) is 52.3 Å². The van der Waals surface area contributed by atoms with Crippen molar-refractivity contribution in [3.63, 3.8) is 0 Å². The molecule has 0 bridgehead atoms. The van der Waals surface area contributed by atoms with E-state index >= 15 is 0 Å². The van der Waals surface area contributed by atoms with E-state index < -0.39 is 0 Å². The van der Waals surface area contributed by atoms with Crippen LogP contribution in [0.5, 0.6) is 0 Å². The van der Waals surface area contributed by atoms with Crippen molar-refractivity contribution < 1.29 is 4.74 Å². The van der Waals surface area contributed by atoms with Crippen molar-refractivity contribution in [1.29, 1.82) is 0 Å². The number of hydrogen-bond acceptors (Lipinski definition) is 2. The van der Waals surface area contributed by atoms with E-state index in [0.29, 0.717) is 29.1 Å². The Balaban J connectivity index is 1.33. The molecule has 0 aromatic heterocycles. The van der Waals surface area contributed by atoms with Gasteiger partial charge in [-0.2, -0.15) is 0 Å². The lowest BCUT2D eigenvalue weighted by Crippen LogP contribution is -2.53. The molecule has 0 radical (unpaired) electrons. The highest BCUT2D eigenvalue weighted by atomic mass is 16.5. The fraction of sp³-hybridized carbons (Fsp3) is 1.00. The summed E-state index contributed by atoms with van der Waals surface area (Å²) in [5.74, 6) is 6.14. The highest BCUT2D eigenvalue weighted by Gasteiger charge is 2.65. The summed E-state index contributed by atoms with van der Waals surface area (Å²) in [5, 5.41) is 3.80. The number of hydrogen-bond donors (Lipinski definition) is 1. The standard InChI is InChI=1S/C27H47NO/c1-6-17(2)16-28-25-18(3)24-23(29-25)15-22-20-11-10-19-9-7-8-13-26(19,4)21(20)12-14-27(22,24)5/h17-25,28H,6-16H2,1-5H3/t17-,18?,19?,20+,21?,22?,23?,24?,25-,26-,27-/m0/s1. The van der Waals surface area contributed by atoms with Crippen LogP contribution in [-0.4, -0.2) is 18.9 Å². The fourth-order valence-electron chi connectivity index (χ4n) is 9.60. The maximum absolute atomic E-state index is 6.75. The van der Waals surface area contributed by atoms with Gasteiger partial charge in [0.1, 0.15) is 6.23 Å². The summed E-state index contributed by atoms with van der Waals surface area (Å²) in [5.41, 5.74) is 1.18. The van der Waals surface area contributed by atoms with Crippen molar-refractivity contribution in [2.75, 3.05) is 6.54 Å². The van der Waals surface area contributed by atoms with E-state index in [0.717, 1.165) is 42.1 Å². The van der Waals surface area contributed by atoms with Gasteiger partial charge in [-0.15, -0.1) is 0 Å². The van der Waals surface area contributed by atoms with Crippen molar-refractivity contribution in [3.05, 3.63) is 0 Å². The Morgan fingerprint density at radius 1 is 1.00 bits per heavy atom. The van der Waals surface area contributed by atoms with Gasteiger partial charge in [-0.05, 0) is 91.3 Å². The first kappa shape index (κ1) is 20.8. The van der Waals surface area contributed by atoms with Gasteiger partial charge in [0.15, 0.2) is 0 Å². The van der Waals surface area contributed by atoms with Gasteiger partial charge in [-0.1, -0.05) is 53.9 Å². The molecule has 1 aliphatic heterocycles. The van der Waals surface area contributed by atoms with Crippen LogP contribution >= 0.6 is 0 Å². The molecule has 1 N–H and O–H groups in total. The Morgan fingerprint density at radius 2 is 1.83 bits per heavy atom. The lowest BCUT2D eigenvalue weighted by Gasteiger charge is -2.60. The molecule has 0 amide bonds. The Morgan fingerprint density at radius 3 is 2.62 bits per heavy atom. The largest absolute Gasteiger partial charge is 0.360 e. The number of rotatable bonds is 4. The molecule has 4 aliphatic carbocycles. The average Bonchev–Trinajstić information content (AvgIpc) is 3.19.